The third-order valence-electron chi connectivity index (χ3n) is 4.65. The Morgan fingerprint density at radius 3 is 2.83 bits per heavy atom. The first kappa shape index (κ1) is 11.7. The van der Waals surface area contributed by atoms with Crippen LogP contribution in [-0.2, 0) is 10.2 Å². The second-order valence-corrected chi connectivity index (χ2v) is 5.45. The van der Waals surface area contributed by atoms with Crippen LogP contribution < -0.4 is 5.32 Å². The summed E-state index contributed by atoms with van der Waals surface area (Å²) in [6, 6.07) is 11.1. The largest absolute Gasteiger partial charge is 0.338 e. The summed E-state index contributed by atoms with van der Waals surface area (Å²) in [4.78, 5) is 13.8. The van der Waals surface area contributed by atoms with Gasteiger partial charge in [-0.2, -0.15) is 0 Å². The van der Waals surface area contributed by atoms with Crippen molar-refractivity contribution in [3.05, 3.63) is 35.9 Å². The van der Waals surface area contributed by atoms with Gasteiger partial charge >= 0.3 is 0 Å². The van der Waals surface area contributed by atoms with Crippen molar-refractivity contribution in [1.82, 2.24) is 10.2 Å². The molecule has 2 aliphatic heterocycles. The second-order valence-electron chi connectivity index (χ2n) is 5.45. The standard InChI is InChI=1S/C15H20N2O/c1-12(18)17-10-8-15(7-9-16-11-14(15)17)13-5-3-2-4-6-13/h2-6,14,16H,7-11H2,1H3/t14-,15-/m1/s1. The number of hydrogen-bond acceptors (Lipinski definition) is 2. The number of carbonyl (C=O) groups is 1. The number of benzene rings is 1. The van der Waals surface area contributed by atoms with Gasteiger partial charge in [-0.3, -0.25) is 4.79 Å². The third kappa shape index (κ3) is 1.65. The predicted molar refractivity (Wildman–Crippen MR) is 71.4 cm³/mol. The predicted octanol–water partition coefficient (Wildman–Crippen LogP) is 1.54. The van der Waals surface area contributed by atoms with Gasteiger partial charge in [0, 0.05) is 25.4 Å². The van der Waals surface area contributed by atoms with E-state index in [0.29, 0.717) is 6.04 Å². The van der Waals surface area contributed by atoms with Crippen molar-refractivity contribution in [3.63, 3.8) is 0 Å². The number of fused-ring (bicyclic) bond motifs is 1. The molecule has 0 unspecified atom stereocenters. The van der Waals surface area contributed by atoms with E-state index in [1.165, 1.54) is 5.56 Å². The topological polar surface area (TPSA) is 32.3 Å². The van der Waals surface area contributed by atoms with Crippen molar-refractivity contribution in [2.45, 2.75) is 31.2 Å². The number of nitrogens with zero attached hydrogens (tertiary/aromatic N) is 1. The van der Waals surface area contributed by atoms with Crippen molar-refractivity contribution in [1.29, 1.82) is 0 Å². The van der Waals surface area contributed by atoms with E-state index in [-0.39, 0.29) is 11.3 Å². The summed E-state index contributed by atoms with van der Waals surface area (Å²) >= 11 is 0. The number of nitrogens with one attached hydrogen (secondary N) is 1. The lowest BCUT2D eigenvalue weighted by Crippen LogP contribution is -2.55. The molecule has 0 radical (unpaired) electrons. The Labute approximate surface area is 108 Å². The molecular weight excluding hydrogens is 224 g/mol. The van der Waals surface area contributed by atoms with Gasteiger partial charge in [0.25, 0.3) is 0 Å². The van der Waals surface area contributed by atoms with Crippen LogP contribution in [0.25, 0.3) is 0 Å². The highest BCUT2D eigenvalue weighted by molar-refractivity contribution is 5.74. The first-order chi connectivity index (χ1) is 8.74. The second kappa shape index (κ2) is 4.39. The van der Waals surface area contributed by atoms with Crippen LogP contribution in [0.3, 0.4) is 0 Å². The molecule has 0 aliphatic carbocycles. The molecule has 0 spiro atoms. The number of carbonyl (C=O) groups excluding carboxylic acids is 1. The summed E-state index contributed by atoms with van der Waals surface area (Å²) < 4.78 is 0. The van der Waals surface area contributed by atoms with Gasteiger partial charge < -0.3 is 10.2 Å². The van der Waals surface area contributed by atoms with Crippen molar-refractivity contribution in [2.24, 2.45) is 0 Å². The van der Waals surface area contributed by atoms with Gasteiger partial charge in [0.15, 0.2) is 0 Å². The minimum absolute atomic E-state index is 0.179. The molecule has 0 aromatic heterocycles. The van der Waals surface area contributed by atoms with Crippen molar-refractivity contribution in [2.75, 3.05) is 19.6 Å². The van der Waals surface area contributed by atoms with E-state index in [2.05, 4.69) is 40.5 Å². The molecule has 1 aromatic carbocycles. The molecule has 1 amide bonds. The molecule has 2 heterocycles. The highest BCUT2D eigenvalue weighted by atomic mass is 16.2. The summed E-state index contributed by atoms with van der Waals surface area (Å²) in [6.45, 7) is 4.57. The van der Waals surface area contributed by atoms with Crippen LogP contribution in [0, 0.1) is 0 Å². The molecule has 0 bridgehead atoms. The molecule has 2 fully saturated rings. The van der Waals surface area contributed by atoms with E-state index >= 15 is 0 Å². The molecule has 1 N–H and O–H groups in total. The average Bonchev–Trinajstić information content (AvgIpc) is 2.80. The first-order valence-electron chi connectivity index (χ1n) is 6.77. The van der Waals surface area contributed by atoms with Gasteiger partial charge in [-0.05, 0) is 24.9 Å². The Balaban J connectivity index is 2.00. The Hall–Kier alpha value is -1.35. The van der Waals surface area contributed by atoms with Gasteiger partial charge in [-0.25, -0.2) is 0 Å². The smallest absolute Gasteiger partial charge is 0.219 e. The molecule has 3 nitrogen and oxygen atoms in total. The number of likely N-dealkylation sites (tertiary alicyclic amines) is 1. The van der Waals surface area contributed by atoms with Crippen LogP contribution in [0.1, 0.15) is 25.3 Å². The van der Waals surface area contributed by atoms with Gasteiger partial charge in [0.1, 0.15) is 0 Å². The zero-order valence-electron chi connectivity index (χ0n) is 10.9. The van der Waals surface area contributed by atoms with Crippen molar-refractivity contribution >= 4 is 5.91 Å². The fraction of sp³-hybridized carbons (Fsp3) is 0.533. The van der Waals surface area contributed by atoms with E-state index in [4.69, 9.17) is 0 Å². The number of rotatable bonds is 1. The lowest BCUT2D eigenvalue weighted by atomic mass is 9.70. The first-order valence-corrected chi connectivity index (χ1v) is 6.77. The summed E-state index contributed by atoms with van der Waals surface area (Å²) in [5.41, 5.74) is 1.58. The van der Waals surface area contributed by atoms with E-state index < -0.39 is 0 Å². The van der Waals surface area contributed by atoms with Gasteiger partial charge in [0.2, 0.25) is 5.91 Å². The van der Waals surface area contributed by atoms with Crippen LogP contribution >= 0.6 is 0 Å². The minimum atomic E-state index is 0.179. The van der Waals surface area contributed by atoms with Crippen LogP contribution in [0.5, 0.6) is 0 Å². The van der Waals surface area contributed by atoms with E-state index in [0.717, 1.165) is 32.5 Å². The average molecular weight is 244 g/mol. The maximum absolute atomic E-state index is 11.8. The molecule has 0 saturated carbocycles. The molecule has 2 saturated heterocycles. The molecule has 3 heteroatoms. The Kier molecular flexibility index (Phi) is 2.86. The van der Waals surface area contributed by atoms with Crippen LogP contribution in [0.15, 0.2) is 30.3 Å². The fourth-order valence-electron chi connectivity index (χ4n) is 3.72. The maximum atomic E-state index is 11.8. The third-order valence-corrected chi connectivity index (χ3v) is 4.65. The molecule has 3 rings (SSSR count). The summed E-state index contributed by atoms with van der Waals surface area (Å²) in [5.74, 6) is 0.210. The highest BCUT2D eigenvalue weighted by Crippen LogP contribution is 2.44. The monoisotopic (exact) mass is 244 g/mol. The summed E-state index contributed by atoms with van der Waals surface area (Å²) in [5, 5.41) is 3.44. The SMILES string of the molecule is CC(=O)N1CC[C@@]2(c3ccccc3)CCNC[C@@H]12. The quantitative estimate of drug-likeness (QED) is 0.812. The Bertz CT molecular complexity index is 445. The van der Waals surface area contributed by atoms with Crippen molar-refractivity contribution in [3.8, 4) is 0 Å². The highest BCUT2D eigenvalue weighted by Gasteiger charge is 2.50. The molecular formula is C15H20N2O. The molecule has 2 atom stereocenters. The number of amides is 1. The van der Waals surface area contributed by atoms with Gasteiger partial charge in [0.05, 0.1) is 6.04 Å². The summed E-state index contributed by atoms with van der Waals surface area (Å²) in [6.07, 6.45) is 2.23. The lowest BCUT2D eigenvalue weighted by Gasteiger charge is -2.42. The van der Waals surface area contributed by atoms with Crippen LogP contribution in [-0.4, -0.2) is 36.5 Å². The van der Waals surface area contributed by atoms with E-state index in [9.17, 15) is 4.79 Å². The zero-order chi connectivity index (χ0) is 12.6. The molecule has 96 valence electrons. The van der Waals surface area contributed by atoms with Gasteiger partial charge in [-0.15, -0.1) is 0 Å². The number of piperidine rings is 1. The fourth-order valence-corrected chi connectivity index (χ4v) is 3.72. The molecule has 2 aliphatic rings. The van der Waals surface area contributed by atoms with Crippen LogP contribution in [0.4, 0.5) is 0 Å². The van der Waals surface area contributed by atoms with E-state index in [1.54, 1.807) is 6.92 Å². The number of hydrogen-bond donors (Lipinski definition) is 1. The molecule has 1 aromatic rings. The van der Waals surface area contributed by atoms with Gasteiger partial charge in [-0.1, -0.05) is 30.3 Å². The summed E-state index contributed by atoms with van der Waals surface area (Å²) in [7, 11) is 0. The van der Waals surface area contributed by atoms with E-state index in [1.807, 2.05) is 0 Å². The Morgan fingerprint density at radius 2 is 2.11 bits per heavy atom. The van der Waals surface area contributed by atoms with Crippen molar-refractivity contribution < 1.29 is 4.79 Å². The lowest BCUT2D eigenvalue weighted by molar-refractivity contribution is -0.130. The van der Waals surface area contributed by atoms with Crippen LogP contribution in [0.2, 0.25) is 0 Å². The normalized spacial score (nSPS) is 31.2. The minimum Gasteiger partial charge on any atom is -0.338 e. The Morgan fingerprint density at radius 1 is 1.33 bits per heavy atom. The zero-order valence-corrected chi connectivity index (χ0v) is 10.9. The maximum Gasteiger partial charge on any atom is 0.219 e. The molecule has 18 heavy (non-hydrogen) atoms.